The van der Waals surface area contributed by atoms with Crippen molar-refractivity contribution in [3.8, 4) is 0 Å². The number of methoxy groups -OCH3 is 1. The lowest BCUT2D eigenvalue weighted by Crippen LogP contribution is -2.33. The van der Waals surface area contributed by atoms with Crippen LogP contribution in [-0.4, -0.2) is 24.3 Å². The Balaban J connectivity index is 2.00. The summed E-state index contributed by atoms with van der Waals surface area (Å²) in [6.07, 6.45) is 3.93. The highest BCUT2D eigenvalue weighted by atomic mass is 16.5. The van der Waals surface area contributed by atoms with Crippen LogP contribution in [-0.2, 0) is 9.53 Å². The number of carbonyl (C=O) groups excluding carboxylic acids is 1. The van der Waals surface area contributed by atoms with E-state index < -0.39 is 0 Å². The predicted octanol–water partition coefficient (Wildman–Crippen LogP) is 2.62. The van der Waals surface area contributed by atoms with E-state index in [9.17, 15) is 9.90 Å². The Morgan fingerprint density at radius 3 is 2.58 bits per heavy atom. The Kier molecular flexibility index (Phi) is 2.80. The Morgan fingerprint density at radius 1 is 1.26 bits per heavy atom. The zero-order chi connectivity index (χ0) is 14.0. The van der Waals surface area contributed by atoms with Crippen LogP contribution in [0.3, 0.4) is 0 Å². The van der Waals surface area contributed by atoms with E-state index in [0.717, 1.165) is 19.3 Å². The smallest absolute Gasteiger partial charge is 0.308 e. The lowest BCUT2D eigenvalue weighted by atomic mass is 9.68. The van der Waals surface area contributed by atoms with Crippen molar-refractivity contribution in [3.05, 3.63) is 0 Å². The molecule has 1 unspecified atom stereocenters. The average molecular weight is 266 g/mol. The molecule has 3 fully saturated rings. The molecule has 1 N–H and O–H groups in total. The minimum absolute atomic E-state index is 0.0113. The molecule has 0 radical (unpaired) electrons. The molecule has 0 heterocycles. The highest BCUT2D eigenvalue weighted by molar-refractivity contribution is 5.73. The number of ether oxygens (including phenoxy) is 1. The number of carbonyl (C=O) groups is 1. The maximum Gasteiger partial charge on any atom is 0.308 e. The van der Waals surface area contributed by atoms with Crippen molar-refractivity contribution in [1.29, 1.82) is 0 Å². The SMILES string of the molecule is COC(=O)C1C[C@@H]2[C@@H](O)C(C)(C)C[C@@]23[C@H](C)CC[C@@H]13. The first kappa shape index (κ1) is 13.4. The normalized spacial score (nSPS) is 50.9. The molecule has 19 heavy (non-hydrogen) atoms. The third-order valence-corrected chi connectivity index (χ3v) is 6.65. The Bertz CT molecular complexity index is 403. The van der Waals surface area contributed by atoms with Crippen molar-refractivity contribution >= 4 is 5.97 Å². The zero-order valence-corrected chi connectivity index (χ0v) is 12.5. The van der Waals surface area contributed by atoms with Gasteiger partial charge in [0.1, 0.15) is 0 Å². The van der Waals surface area contributed by atoms with Crippen molar-refractivity contribution in [2.24, 2.45) is 34.5 Å². The molecule has 3 saturated carbocycles. The molecule has 3 aliphatic carbocycles. The number of hydrogen-bond donors (Lipinski definition) is 1. The molecule has 0 amide bonds. The highest BCUT2D eigenvalue weighted by Gasteiger charge is 2.69. The van der Waals surface area contributed by atoms with Crippen molar-refractivity contribution in [3.63, 3.8) is 0 Å². The van der Waals surface area contributed by atoms with E-state index in [1.54, 1.807) is 0 Å². The van der Waals surface area contributed by atoms with Crippen LogP contribution in [0, 0.1) is 34.5 Å². The van der Waals surface area contributed by atoms with Gasteiger partial charge in [-0.3, -0.25) is 4.79 Å². The van der Waals surface area contributed by atoms with Gasteiger partial charge in [0.05, 0.1) is 19.1 Å². The molecule has 0 aromatic heterocycles. The summed E-state index contributed by atoms with van der Waals surface area (Å²) < 4.78 is 5.01. The fourth-order valence-electron chi connectivity index (χ4n) is 5.92. The van der Waals surface area contributed by atoms with Crippen LogP contribution >= 0.6 is 0 Å². The fraction of sp³-hybridized carbons (Fsp3) is 0.938. The monoisotopic (exact) mass is 266 g/mol. The first-order valence-electron chi connectivity index (χ1n) is 7.60. The fourth-order valence-corrected chi connectivity index (χ4v) is 5.92. The number of hydrogen-bond acceptors (Lipinski definition) is 3. The third-order valence-electron chi connectivity index (χ3n) is 6.65. The minimum atomic E-state index is -0.273. The lowest BCUT2D eigenvalue weighted by molar-refractivity contribution is -0.147. The number of aliphatic hydroxyl groups excluding tert-OH is 1. The maximum absolute atomic E-state index is 12.1. The molecule has 3 aliphatic rings. The van der Waals surface area contributed by atoms with Gasteiger partial charge in [-0.25, -0.2) is 0 Å². The largest absolute Gasteiger partial charge is 0.469 e. The second-order valence-corrected chi connectivity index (χ2v) is 7.78. The molecule has 0 aromatic rings. The van der Waals surface area contributed by atoms with Crippen LogP contribution in [0.4, 0.5) is 0 Å². The summed E-state index contributed by atoms with van der Waals surface area (Å²) >= 11 is 0. The summed E-state index contributed by atoms with van der Waals surface area (Å²) in [5.74, 6) is 1.29. The first-order valence-corrected chi connectivity index (χ1v) is 7.60. The van der Waals surface area contributed by atoms with Crippen molar-refractivity contribution in [2.45, 2.75) is 52.6 Å². The first-order chi connectivity index (χ1) is 8.84. The predicted molar refractivity (Wildman–Crippen MR) is 72.3 cm³/mol. The molecule has 0 saturated heterocycles. The summed E-state index contributed by atoms with van der Waals surface area (Å²) in [4.78, 5) is 12.1. The molecule has 3 nitrogen and oxygen atoms in total. The second kappa shape index (κ2) is 3.97. The highest BCUT2D eigenvalue weighted by Crippen LogP contribution is 2.72. The van der Waals surface area contributed by atoms with Gasteiger partial charge in [0.2, 0.25) is 0 Å². The molecule has 1 spiro atoms. The van der Waals surface area contributed by atoms with E-state index in [1.165, 1.54) is 13.5 Å². The standard InChI is InChI=1S/C16H26O3/c1-9-5-6-11-10(14(18)19-4)7-12-13(17)15(2,3)8-16(9,11)12/h9-13,17H,5-8H2,1-4H3/t9-,10?,11+,12-,13-,16+/m1/s1. The van der Waals surface area contributed by atoms with E-state index in [4.69, 9.17) is 4.74 Å². The van der Waals surface area contributed by atoms with E-state index in [1.807, 2.05) is 0 Å². The van der Waals surface area contributed by atoms with E-state index in [2.05, 4.69) is 20.8 Å². The van der Waals surface area contributed by atoms with Crippen molar-refractivity contribution in [2.75, 3.05) is 7.11 Å². The number of aliphatic hydroxyl groups is 1. The van der Waals surface area contributed by atoms with Crippen LogP contribution in [0.25, 0.3) is 0 Å². The number of esters is 1. The molecular weight excluding hydrogens is 240 g/mol. The Morgan fingerprint density at radius 2 is 1.95 bits per heavy atom. The maximum atomic E-state index is 12.1. The minimum Gasteiger partial charge on any atom is -0.469 e. The van der Waals surface area contributed by atoms with Gasteiger partial charge >= 0.3 is 5.97 Å². The van der Waals surface area contributed by atoms with Crippen LogP contribution in [0.15, 0.2) is 0 Å². The molecule has 6 atom stereocenters. The van der Waals surface area contributed by atoms with Gasteiger partial charge in [-0.2, -0.15) is 0 Å². The van der Waals surface area contributed by atoms with Gasteiger partial charge in [-0.15, -0.1) is 0 Å². The summed E-state index contributed by atoms with van der Waals surface area (Å²) in [5.41, 5.74) is 0.171. The van der Waals surface area contributed by atoms with Gasteiger partial charge in [0.25, 0.3) is 0 Å². The summed E-state index contributed by atoms with van der Waals surface area (Å²) in [5, 5.41) is 10.7. The summed E-state index contributed by atoms with van der Waals surface area (Å²) in [6, 6.07) is 0. The number of rotatable bonds is 1. The van der Waals surface area contributed by atoms with Gasteiger partial charge in [0, 0.05) is 0 Å². The molecule has 108 valence electrons. The van der Waals surface area contributed by atoms with Gasteiger partial charge in [-0.05, 0) is 54.3 Å². The second-order valence-electron chi connectivity index (χ2n) is 7.78. The Hall–Kier alpha value is -0.570. The molecular formula is C16H26O3. The van der Waals surface area contributed by atoms with E-state index in [0.29, 0.717) is 11.8 Å². The van der Waals surface area contributed by atoms with Crippen molar-refractivity contribution in [1.82, 2.24) is 0 Å². The van der Waals surface area contributed by atoms with Gasteiger partial charge in [0.15, 0.2) is 0 Å². The van der Waals surface area contributed by atoms with Crippen LogP contribution < -0.4 is 0 Å². The van der Waals surface area contributed by atoms with Crippen LogP contribution in [0.2, 0.25) is 0 Å². The van der Waals surface area contributed by atoms with Crippen LogP contribution in [0.1, 0.15) is 46.5 Å². The summed E-state index contributed by atoms with van der Waals surface area (Å²) in [7, 11) is 1.49. The third kappa shape index (κ3) is 1.51. The molecule has 3 heteroatoms. The quantitative estimate of drug-likeness (QED) is 0.742. The molecule has 0 aliphatic heterocycles. The van der Waals surface area contributed by atoms with E-state index in [-0.39, 0.29) is 34.7 Å². The van der Waals surface area contributed by atoms with Crippen molar-refractivity contribution < 1.29 is 14.6 Å². The molecule has 0 aromatic carbocycles. The molecule has 3 rings (SSSR count). The van der Waals surface area contributed by atoms with Gasteiger partial charge in [-0.1, -0.05) is 20.8 Å². The van der Waals surface area contributed by atoms with Crippen LogP contribution in [0.5, 0.6) is 0 Å². The zero-order valence-electron chi connectivity index (χ0n) is 12.5. The summed E-state index contributed by atoms with van der Waals surface area (Å²) in [6.45, 7) is 6.68. The topological polar surface area (TPSA) is 46.5 Å². The molecule has 0 bridgehead atoms. The van der Waals surface area contributed by atoms with Gasteiger partial charge < -0.3 is 9.84 Å². The van der Waals surface area contributed by atoms with E-state index >= 15 is 0 Å². The Labute approximate surface area is 115 Å². The average Bonchev–Trinajstić information content (AvgIpc) is 2.89. The lowest BCUT2D eigenvalue weighted by Gasteiger charge is -2.36.